The molecule has 0 saturated heterocycles. The molecule has 29 heavy (non-hydrogen) atoms. The molecule has 0 aromatic carbocycles. The Balaban J connectivity index is 1.32. The summed E-state index contributed by atoms with van der Waals surface area (Å²) in [5.41, 5.74) is 2.79. The molecule has 0 spiro atoms. The summed E-state index contributed by atoms with van der Waals surface area (Å²) in [6, 6.07) is 2.12. The van der Waals surface area contributed by atoms with Crippen molar-refractivity contribution in [3.8, 4) is 11.1 Å². The summed E-state index contributed by atoms with van der Waals surface area (Å²) in [6.07, 6.45) is 13.3. The van der Waals surface area contributed by atoms with Crippen LogP contribution >= 0.6 is 0 Å². The van der Waals surface area contributed by atoms with Gasteiger partial charge in [0.2, 0.25) is 11.7 Å². The Morgan fingerprint density at radius 1 is 1.07 bits per heavy atom. The predicted octanol–water partition coefficient (Wildman–Crippen LogP) is 3.40. The van der Waals surface area contributed by atoms with Crippen LogP contribution in [-0.4, -0.2) is 47.7 Å². The molecular formula is C19H19F2N7O. The van der Waals surface area contributed by atoms with Crippen molar-refractivity contribution in [2.24, 2.45) is 0 Å². The number of hydrogen-bond acceptors (Lipinski definition) is 6. The molecule has 10 heteroatoms. The summed E-state index contributed by atoms with van der Waals surface area (Å²) in [6.45, 7) is -2.71. The first kappa shape index (κ1) is 17.9. The van der Waals surface area contributed by atoms with Crippen molar-refractivity contribution < 1.29 is 13.5 Å². The van der Waals surface area contributed by atoms with Gasteiger partial charge >= 0.3 is 6.61 Å². The van der Waals surface area contributed by atoms with Crippen LogP contribution in [0.3, 0.4) is 0 Å². The second-order valence-electron chi connectivity index (χ2n) is 7.13. The molecule has 0 bridgehead atoms. The van der Waals surface area contributed by atoms with Crippen molar-refractivity contribution >= 4 is 17.2 Å². The van der Waals surface area contributed by atoms with Gasteiger partial charge in [0, 0.05) is 48.2 Å². The zero-order valence-corrected chi connectivity index (χ0v) is 15.4. The lowest BCUT2D eigenvalue weighted by molar-refractivity contribution is -0.169. The normalized spacial score (nSPS) is 20.0. The van der Waals surface area contributed by atoms with Crippen LogP contribution in [0, 0.1) is 0 Å². The summed E-state index contributed by atoms with van der Waals surface area (Å²) >= 11 is 0. The number of halogens is 2. The fourth-order valence-corrected chi connectivity index (χ4v) is 3.84. The predicted molar refractivity (Wildman–Crippen MR) is 102 cm³/mol. The molecule has 0 unspecified atom stereocenters. The van der Waals surface area contributed by atoms with E-state index in [1.807, 2.05) is 29.1 Å². The third-order valence-electron chi connectivity index (χ3n) is 5.28. The average Bonchev–Trinajstić information content (AvgIpc) is 3.35. The highest BCUT2D eigenvalue weighted by Gasteiger charge is 2.24. The molecule has 1 aliphatic carbocycles. The minimum Gasteiger partial charge on any atom is -0.350 e. The summed E-state index contributed by atoms with van der Waals surface area (Å²) in [7, 11) is 0. The molecule has 1 saturated carbocycles. The number of rotatable bonds is 5. The molecule has 5 rings (SSSR count). The second-order valence-corrected chi connectivity index (χ2v) is 7.13. The van der Waals surface area contributed by atoms with Crippen LogP contribution in [0.15, 0.2) is 43.2 Å². The Morgan fingerprint density at radius 2 is 1.93 bits per heavy atom. The van der Waals surface area contributed by atoms with E-state index in [9.17, 15) is 8.78 Å². The number of fused-ring (bicyclic) bond motifs is 2. The van der Waals surface area contributed by atoms with Crippen LogP contribution in [-0.2, 0) is 4.74 Å². The van der Waals surface area contributed by atoms with Gasteiger partial charge in [-0.05, 0) is 31.7 Å². The maximum Gasteiger partial charge on any atom is 0.345 e. The summed E-state index contributed by atoms with van der Waals surface area (Å²) < 4.78 is 32.9. The van der Waals surface area contributed by atoms with Gasteiger partial charge in [-0.3, -0.25) is 4.40 Å². The number of nitrogens with one attached hydrogen (secondary N) is 1. The van der Waals surface area contributed by atoms with Gasteiger partial charge < -0.3 is 10.1 Å². The minimum absolute atomic E-state index is 0.146. The van der Waals surface area contributed by atoms with Crippen LogP contribution < -0.4 is 5.32 Å². The standard InChI is InChI=1S/C19H19F2N7O/c20-17(21)29-14-3-1-13(2-4-14)25-18-23-10-16-15(5-7-28(16)26-18)12-9-24-19-22-6-8-27(19)11-12/h5-11,13-14,17H,1-4H2,(H,25,26)/t13-,14-. The van der Waals surface area contributed by atoms with E-state index in [0.717, 1.165) is 29.5 Å². The largest absolute Gasteiger partial charge is 0.350 e. The SMILES string of the molecule is FC(F)O[C@H]1CC[C@H](Nc2ncc3c(-c4cnc5nccn5c4)ccn3n2)CC1. The molecule has 150 valence electrons. The van der Waals surface area contributed by atoms with E-state index < -0.39 is 6.61 Å². The Bertz CT molecular complexity index is 1130. The molecule has 1 fully saturated rings. The molecule has 8 nitrogen and oxygen atoms in total. The number of imidazole rings is 1. The van der Waals surface area contributed by atoms with E-state index in [2.05, 4.69) is 30.1 Å². The molecule has 1 N–H and O–H groups in total. The van der Waals surface area contributed by atoms with E-state index in [0.29, 0.717) is 24.6 Å². The van der Waals surface area contributed by atoms with E-state index in [1.165, 1.54) is 0 Å². The van der Waals surface area contributed by atoms with Gasteiger partial charge in [0.15, 0.2) is 0 Å². The first-order valence-electron chi connectivity index (χ1n) is 9.49. The monoisotopic (exact) mass is 399 g/mol. The van der Waals surface area contributed by atoms with Gasteiger partial charge in [-0.15, -0.1) is 5.10 Å². The van der Waals surface area contributed by atoms with Crippen molar-refractivity contribution in [2.45, 2.75) is 44.4 Å². The fourth-order valence-electron chi connectivity index (χ4n) is 3.84. The summed E-state index contributed by atoms with van der Waals surface area (Å²) in [5.74, 6) is 1.16. The first-order valence-corrected chi connectivity index (χ1v) is 9.49. The van der Waals surface area contributed by atoms with Crippen molar-refractivity contribution in [3.63, 3.8) is 0 Å². The lowest BCUT2D eigenvalue weighted by atomic mass is 9.93. The molecule has 0 atom stereocenters. The minimum atomic E-state index is -2.71. The van der Waals surface area contributed by atoms with Crippen LogP contribution in [0.2, 0.25) is 0 Å². The molecular weight excluding hydrogens is 380 g/mol. The molecule has 0 radical (unpaired) electrons. The van der Waals surface area contributed by atoms with Gasteiger partial charge in [0.1, 0.15) is 0 Å². The molecule has 4 aromatic heterocycles. The molecule has 0 aliphatic heterocycles. The van der Waals surface area contributed by atoms with Crippen molar-refractivity contribution in [1.29, 1.82) is 0 Å². The maximum absolute atomic E-state index is 12.3. The van der Waals surface area contributed by atoms with Gasteiger partial charge in [0.05, 0.1) is 17.8 Å². The van der Waals surface area contributed by atoms with Crippen LogP contribution in [0.25, 0.3) is 22.4 Å². The zero-order valence-electron chi connectivity index (χ0n) is 15.4. The third kappa shape index (κ3) is 3.63. The molecule has 4 aromatic rings. The highest BCUT2D eigenvalue weighted by molar-refractivity contribution is 5.79. The smallest absolute Gasteiger partial charge is 0.345 e. The number of anilines is 1. The highest BCUT2D eigenvalue weighted by atomic mass is 19.3. The number of aromatic nitrogens is 6. The Kier molecular flexibility index (Phi) is 4.55. The number of hydrogen-bond donors (Lipinski definition) is 1. The number of alkyl halides is 2. The Labute approximate surface area is 164 Å². The van der Waals surface area contributed by atoms with E-state index >= 15 is 0 Å². The molecule has 1 aliphatic rings. The van der Waals surface area contributed by atoms with Gasteiger partial charge in [-0.25, -0.2) is 19.5 Å². The number of ether oxygens (including phenoxy) is 1. The van der Waals surface area contributed by atoms with Gasteiger partial charge in [-0.1, -0.05) is 0 Å². The van der Waals surface area contributed by atoms with Crippen LogP contribution in [0.1, 0.15) is 25.7 Å². The average molecular weight is 399 g/mol. The van der Waals surface area contributed by atoms with Crippen LogP contribution in [0.5, 0.6) is 0 Å². The summed E-state index contributed by atoms with van der Waals surface area (Å²) in [5, 5.41) is 7.84. The Hall–Kier alpha value is -3.14. The molecule has 4 heterocycles. The van der Waals surface area contributed by atoms with Gasteiger partial charge in [-0.2, -0.15) is 8.78 Å². The van der Waals surface area contributed by atoms with E-state index in [-0.39, 0.29) is 12.1 Å². The van der Waals surface area contributed by atoms with Crippen LogP contribution in [0.4, 0.5) is 14.7 Å². The van der Waals surface area contributed by atoms with E-state index in [1.54, 1.807) is 23.1 Å². The van der Waals surface area contributed by atoms with Gasteiger partial charge in [0.25, 0.3) is 0 Å². The van der Waals surface area contributed by atoms with E-state index in [4.69, 9.17) is 0 Å². The van der Waals surface area contributed by atoms with Crippen molar-refractivity contribution in [3.05, 3.63) is 43.2 Å². The fraction of sp³-hybridized carbons (Fsp3) is 0.368. The first-order chi connectivity index (χ1) is 14.2. The lowest BCUT2D eigenvalue weighted by Gasteiger charge is -2.28. The third-order valence-corrected chi connectivity index (χ3v) is 5.28. The second kappa shape index (κ2) is 7.36. The Morgan fingerprint density at radius 3 is 2.76 bits per heavy atom. The molecule has 0 amide bonds. The lowest BCUT2D eigenvalue weighted by Crippen LogP contribution is -2.31. The topological polar surface area (TPSA) is 81.6 Å². The van der Waals surface area contributed by atoms with Crippen molar-refractivity contribution in [1.82, 2.24) is 29.0 Å². The quantitative estimate of drug-likeness (QED) is 0.554. The van der Waals surface area contributed by atoms with Crippen molar-refractivity contribution in [2.75, 3.05) is 5.32 Å². The maximum atomic E-state index is 12.3. The number of nitrogens with zero attached hydrogens (tertiary/aromatic N) is 6. The zero-order chi connectivity index (χ0) is 19.8. The summed E-state index contributed by atoms with van der Waals surface area (Å²) in [4.78, 5) is 13.0. The highest BCUT2D eigenvalue weighted by Crippen LogP contribution is 2.27.